The van der Waals surface area contributed by atoms with Crippen molar-refractivity contribution in [3.05, 3.63) is 82.7 Å². The van der Waals surface area contributed by atoms with Gasteiger partial charge in [-0.25, -0.2) is 4.68 Å². The number of aromatic nitrogens is 2. The number of nitrogens with zero attached hydrogens (tertiary/aromatic N) is 2. The van der Waals surface area contributed by atoms with Crippen LogP contribution in [0.25, 0.3) is 5.69 Å². The summed E-state index contributed by atoms with van der Waals surface area (Å²) in [5.41, 5.74) is 0.224. The Morgan fingerprint density at radius 1 is 0.970 bits per heavy atom. The number of benzene rings is 2. The van der Waals surface area contributed by atoms with E-state index in [9.17, 15) is 31.1 Å². The van der Waals surface area contributed by atoms with Crippen LogP contribution >= 0.6 is 0 Å². The smallest absolute Gasteiger partial charge is 0.367 e. The van der Waals surface area contributed by atoms with Gasteiger partial charge in [0.2, 0.25) is 0 Å². The molecule has 0 atom stereocenters. The van der Waals surface area contributed by atoms with Crippen LogP contribution in [0.15, 0.2) is 54.7 Å². The Hall–Kier alpha value is -3.34. The Labute approximate surface area is 185 Å². The summed E-state index contributed by atoms with van der Waals surface area (Å²) < 4.78 is 82.8. The Kier molecular flexibility index (Phi) is 7.11. The van der Waals surface area contributed by atoms with Crippen molar-refractivity contribution < 1.29 is 35.9 Å². The quantitative estimate of drug-likeness (QED) is 0.482. The molecule has 2 aromatic carbocycles. The summed E-state index contributed by atoms with van der Waals surface area (Å²) in [6.07, 6.45) is -8.39. The van der Waals surface area contributed by atoms with Crippen LogP contribution in [0.1, 0.15) is 32.7 Å². The van der Waals surface area contributed by atoms with Crippen LogP contribution in [0.4, 0.5) is 26.3 Å². The van der Waals surface area contributed by atoms with E-state index >= 15 is 0 Å². The lowest BCUT2D eigenvalue weighted by atomic mass is 10.1. The van der Waals surface area contributed by atoms with E-state index in [0.29, 0.717) is 15.8 Å². The minimum Gasteiger partial charge on any atom is -0.367 e. The van der Waals surface area contributed by atoms with Crippen LogP contribution in [-0.4, -0.2) is 28.5 Å². The van der Waals surface area contributed by atoms with E-state index in [1.54, 1.807) is 19.1 Å². The Morgan fingerprint density at radius 2 is 1.58 bits per heavy atom. The lowest BCUT2D eigenvalue weighted by Gasteiger charge is -2.13. The van der Waals surface area contributed by atoms with Gasteiger partial charge < -0.3 is 10.1 Å². The second-order valence-corrected chi connectivity index (χ2v) is 7.26. The third-order valence-electron chi connectivity index (χ3n) is 4.57. The molecule has 0 fully saturated rings. The second kappa shape index (κ2) is 9.65. The molecule has 3 aromatic rings. The predicted molar refractivity (Wildman–Crippen MR) is 107 cm³/mol. The molecule has 5 nitrogen and oxygen atoms in total. The summed E-state index contributed by atoms with van der Waals surface area (Å²) in [7, 11) is 0. The van der Waals surface area contributed by atoms with Gasteiger partial charge in [0, 0.05) is 6.54 Å². The Morgan fingerprint density at radius 3 is 2.15 bits per heavy atom. The van der Waals surface area contributed by atoms with Gasteiger partial charge in [-0.15, -0.1) is 0 Å². The molecule has 1 aromatic heterocycles. The first kappa shape index (κ1) is 24.3. The molecule has 0 aliphatic carbocycles. The fourth-order valence-corrected chi connectivity index (χ4v) is 2.98. The fraction of sp³-hybridized carbons (Fsp3) is 0.273. The van der Waals surface area contributed by atoms with Crippen LogP contribution in [-0.2, 0) is 24.1 Å². The van der Waals surface area contributed by atoms with Gasteiger partial charge >= 0.3 is 12.4 Å². The maximum absolute atomic E-state index is 13.7. The van der Waals surface area contributed by atoms with E-state index in [4.69, 9.17) is 0 Å². The van der Waals surface area contributed by atoms with Gasteiger partial charge in [0.25, 0.3) is 5.91 Å². The van der Waals surface area contributed by atoms with E-state index in [1.807, 2.05) is 0 Å². The molecule has 0 saturated carbocycles. The molecule has 0 aliphatic rings. The van der Waals surface area contributed by atoms with Gasteiger partial charge in [0.05, 0.1) is 24.1 Å². The largest absolute Gasteiger partial charge is 0.434 e. The van der Waals surface area contributed by atoms with Crippen LogP contribution in [0.3, 0.4) is 0 Å². The standard InChI is InChI=1S/C22H19F6N3O2/c1-14-2-8-17(9-3-14)31-19(22(26,27)28)18(11-30-31)20(32)29-10-15-4-6-16(7-5-15)12-33-13-21(23,24)25/h2-9,11H,10,12-13H2,1H3,(H,29,32). The summed E-state index contributed by atoms with van der Waals surface area (Å²) in [4.78, 5) is 12.5. The zero-order chi connectivity index (χ0) is 24.2. The average Bonchev–Trinajstić information content (AvgIpc) is 3.18. The van der Waals surface area contributed by atoms with E-state index in [0.717, 1.165) is 11.8 Å². The molecule has 0 radical (unpaired) electrons. The van der Waals surface area contributed by atoms with Crippen LogP contribution < -0.4 is 5.32 Å². The first-order valence-corrected chi connectivity index (χ1v) is 9.67. The maximum atomic E-state index is 13.7. The third-order valence-corrected chi connectivity index (χ3v) is 4.57. The molecule has 0 aliphatic heterocycles. The number of halogens is 6. The third kappa shape index (κ3) is 6.58. The van der Waals surface area contributed by atoms with Gasteiger partial charge in [-0.1, -0.05) is 42.0 Å². The van der Waals surface area contributed by atoms with Crippen molar-refractivity contribution in [2.45, 2.75) is 32.4 Å². The number of hydrogen-bond acceptors (Lipinski definition) is 3. The van der Waals surface area contributed by atoms with Gasteiger partial charge in [-0.05, 0) is 30.2 Å². The lowest BCUT2D eigenvalue weighted by molar-refractivity contribution is -0.176. The molecular weight excluding hydrogens is 452 g/mol. The highest BCUT2D eigenvalue weighted by Crippen LogP contribution is 2.33. The van der Waals surface area contributed by atoms with E-state index in [-0.39, 0.29) is 18.8 Å². The van der Waals surface area contributed by atoms with Crippen molar-refractivity contribution in [1.82, 2.24) is 15.1 Å². The summed E-state index contributed by atoms with van der Waals surface area (Å²) >= 11 is 0. The number of aryl methyl sites for hydroxylation is 1. The van der Waals surface area contributed by atoms with Crippen LogP contribution in [0, 0.1) is 6.92 Å². The van der Waals surface area contributed by atoms with Crippen molar-refractivity contribution in [1.29, 1.82) is 0 Å². The topological polar surface area (TPSA) is 56.2 Å². The number of rotatable bonds is 7. The number of alkyl halides is 6. The molecule has 11 heteroatoms. The molecule has 0 spiro atoms. The molecule has 33 heavy (non-hydrogen) atoms. The molecule has 0 saturated heterocycles. The maximum Gasteiger partial charge on any atom is 0.434 e. The number of carbonyl (C=O) groups is 1. The van der Waals surface area contributed by atoms with Crippen molar-refractivity contribution >= 4 is 5.91 Å². The SMILES string of the molecule is Cc1ccc(-n2ncc(C(=O)NCc3ccc(COCC(F)(F)F)cc3)c2C(F)(F)F)cc1. The molecule has 0 unspecified atom stereocenters. The highest BCUT2D eigenvalue weighted by molar-refractivity contribution is 5.95. The van der Waals surface area contributed by atoms with Crippen LogP contribution in [0.2, 0.25) is 0 Å². The Balaban J connectivity index is 1.69. The number of hydrogen-bond donors (Lipinski definition) is 1. The highest BCUT2D eigenvalue weighted by atomic mass is 19.4. The summed E-state index contributed by atoms with van der Waals surface area (Å²) in [5.74, 6) is -0.960. The van der Waals surface area contributed by atoms with Crippen molar-refractivity contribution in [2.24, 2.45) is 0 Å². The molecule has 176 valence electrons. The van der Waals surface area contributed by atoms with Crippen molar-refractivity contribution in [2.75, 3.05) is 6.61 Å². The molecule has 1 heterocycles. The molecule has 3 rings (SSSR count). The number of nitrogens with one attached hydrogen (secondary N) is 1. The Bertz CT molecular complexity index is 1090. The van der Waals surface area contributed by atoms with Gasteiger partial charge in [0.1, 0.15) is 6.61 Å². The minimum absolute atomic E-state index is 0.0878. The van der Waals surface area contributed by atoms with E-state index in [1.165, 1.54) is 36.4 Å². The number of amides is 1. The first-order valence-electron chi connectivity index (χ1n) is 9.67. The number of ether oxygens (including phenoxy) is 1. The minimum atomic E-state index is -4.83. The van der Waals surface area contributed by atoms with E-state index < -0.39 is 36.1 Å². The van der Waals surface area contributed by atoms with E-state index in [2.05, 4.69) is 15.2 Å². The number of carbonyl (C=O) groups excluding carboxylic acids is 1. The van der Waals surface area contributed by atoms with Gasteiger partial charge in [-0.3, -0.25) is 4.79 Å². The summed E-state index contributed by atoms with van der Waals surface area (Å²) in [5, 5.41) is 6.17. The fourth-order valence-electron chi connectivity index (χ4n) is 2.98. The van der Waals surface area contributed by atoms with Gasteiger partial charge in [-0.2, -0.15) is 31.4 Å². The average molecular weight is 471 g/mol. The van der Waals surface area contributed by atoms with Gasteiger partial charge in [0.15, 0.2) is 5.69 Å². The zero-order valence-electron chi connectivity index (χ0n) is 17.3. The predicted octanol–water partition coefficient (Wildman–Crippen LogP) is 5.21. The molecule has 0 bridgehead atoms. The first-order chi connectivity index (χ1) is 15.4. The second-order valence-electron chi connectivity index (χ2n) is 7.26. The highest BCUT2D eigenvalue weighted by Gasteiger charge is 2.40. The monoisotopic (exact) mass is 471 g/mol. The lowest BCUT2D eigenvalue weighted by Crippen LogP contribution is -2.26. The normalized spacial score (nSPS) is 12.1. The van der Waals surface area contributed by atoms with Crippen LogP contribution in [0.5, 0.6) is 0 Å². The molecular formula is C22H19F6N3O2. The van der Waals surface area contributed by atoms with Crippen molar-refractivity contribution in [3.63, 3.8) is 0 Å². The zero-order valence-corrected chi connectivity index (χ0v) is 17.3. The summed E-state index contributed by atoms with van der Waals surface area (Å²) in [6, 6.07) is 12.3. The van der Waals surface area contributed by atoms with Crippen molar-refractivity contribution in [3.8, 4) is 5.69 Å². The molecule has 1 amide bonds. The molecule has 1 N–H and O–H groups in total. The summed E-state index contributed by atoms with van der Waals surface area (Å²) in [6.45, 7) is 0.0793.